The average molecular weight is 439 g/mol. The number of aromatic nitrogens is 2. The summed E-state index contributed by atoms with van der Waals surface area (Å²) in [6.07, 6.45) is 5.74. The van der Waals surface area contributed by atoms with Crippen molar-refractivity contribution in [3.8, 4) is 0 Å². The Kier molecular flexibility index (Phi) is 6.25. The molecule has 0 saturated heterocycles. The number of carbonyl (C=O) groups is 1. The van der Waals surface area contributed by atoms with E-state index in [1.165, 1.54) is 27.8 Å². The molecule has 156 valence electrons. The van der Waals surface area contributed by atoms with Crippen molar-refractivity contribution in [3.63, 3.8) is 0 Å². The summed E-state index contributed by atoms with van der Waals surface area (Å²) in [6, 6.07) is 7.74. The maximum absolute atomic E-state index is 13.3. The highest BCUT2D eigenvalue weighted by Crippen LogP contribution is 2.36. The molecule has 0 saturated carbocycles. The first kappa shape index (κ1) is 21.1. The second-order valence-corrected chi connectivity index (χ2v) is 9.92. The number of aryl methyl sites for hydroxylation is 2. The highest BCUT2D eigenvalue weighted by atomic mass is 32.2. The smallest absolute Gasteiger partial charge is 0.263 e. The Balaban J connectivity index is 1.65. The van der Waals surface area contributed by atoms with Gasteiger partial charge >= 0.3 is 0 Å². The van der Waals surface area contributed by atoms with E-state index in [1.54, 1.807) is 22.0 Å². The fourth-order valence-corrected chi connectivity index (χ4v) is 6.27. The number of carbonyl (C=O) groups excluding carboxylic acids is 1. The molecule has 0 amide bonds. The first-order valence-electron chi connectivity index (χ1n) is 10.4. The van der Waals surface area contributed by atoms with Gasteiger partial charge in [-0.25, -0.2) is 4.98 Å². The molecule has 2 heterocycles. The summed E-state index contributed by atoms with van der Waals surface area (Å²) < 4.78 is 1.67. The molecule has 0 bridgehead atoms. The number of hydrogen-bond donors (Lipinski definition) is 0. The van der Waals surface area contributed by atoms with Gasteiger partial charge in [0, 0.05) is 17.0 Å². The van der Waals surface area contributed by atoms with Crippen LogP contribution < -0.4 is 5.56 Å². The molecule has 0 fully saturated rings. The third-order valence-electron chi connectivity index (χ3n) is 5.71. The lowest BCUT2D eigenvalue weighted by Gasteiger charge is -2.17. The van der Waals surface area contributed by atoms with Crippen LogP contribution in [0.1, 0.15) is 46.6 Å². The Hall–Kier alpha value is -2.18. The number of Topliss-reactive ketones (excluding diaryl/α,β-unsaturated/α-hetero) is 1. The number of thioether (sulfide) groups is 1. The fraction of sp³-hybridized carbons (Fsp3) is 0.375. The number of allylic oxidation sites excluding steroid dienone is 1. The zero-order valence-corrected chi connectivity index (χ0v) is 19.1. The highest BCUT2D eigenvalue weighted by Gasteiger charge is 2.24. The Morgan fingerprint density at radius 2 is 2.13 bits per heavy atom. The van der Waals surface area contributed by atoms with Crippen molar-refractivity contribution in [2.75, 3.05) is 5.75 Å². The van der Waals surface area contributed by atoms with E-state index < -0.39 is 0 Å². The number of hydrogen-bond acceptors (Lipinski definition) is 5. The molecule has 4 rings (SSSR count). The van der Waals surface area contributed by atoms with Crippen LogP contribution >= 0.6 is 23.1 Å². The molecule has 0 spiro atoms. The van der Waals surface area contributed by atoms with E-state index in [-0.39, 0.29) is 17.1 Å². The van der Waals surface area contributed by atoms with E-state index in [9.17, 15) is 9.59 Å². The molecular formula is C24H26N2O2S2. The largest absolute Gasteiger partial charge is 0.293 e. The molecule has 2 aromatic heterocycles. The number of nitrogens with zero attached hydrogens (tertiary/aromatic N) is 2. The van der Waals surface area contributed by atoms with Crippen LogP contribution in [0.2, 0.25) is 0 Å². The van der Waals surface area contributed by atoms with E-state index in [0.717, 1.165) is 35.9 Å². The minimum atomic E-state index is -0.00537. The van der Waals surface area contributed by atoms with E-state index in [0.29, 0.717) is 23.2 Å². The number of ketones is 1. The van der Waals surface area contributed by atoms with Gasteiger partial charge < -0.3 is 0 Å². The SMILES string of the molecule is C=CCn1c(SCC(=O)c2ccc(CC)cc2)nc2sc3c(c2c1=O)CCC(C)C3. The molecule has 1 aromatic carbocycles. The van der Waals surface area contributed by atoms with Gasteiger partial charge in [-0.3, -0.25) is 14.2 Å². The van der Waals surface area contributed by atoms with Crippen LogP contribution in [0.4, 0.5) is 0 Å². The Labute approximate surface area is 185 Å². The zero-order valence-electron chi connectivity index (χ0n) is 17.4. The van der Waals surface area contributed by atoms with Crippen LogP contribution in [0.25, 0.3) is 10.2 Å². The lowest BCUT2D eigenvalue weighted by atomic mass is 9.89. The van der Waals surface area contributed by atoms with E-state index >= 15 is 0 Å². The molecule has 0 radical (unpaired) electrons. The molecule has 30 heavy (non-hydrogen) atoms. The maximum Gasteiger partial charge on any atom is 0.263 e. The lowest BCUT2D eigenvalue weighted by Crippen LogP contribution is -2.24. The number of thiophene rings is 1. The molecule has 6 heteroatoms. The third-order valence-corrected chi connectivity index (χ3v) is 7.83. The molecule has 1 aliphatic carbocycles. The van der Waals surface area contributed by atoms with Gasteiger partial charge in [-0.2, -0.15) is 0 Å². The molecule has 4 nitrogen and oxygen atoms in total. The van der Waals surface area contributed by atoms with Crippen LogP contribution in [0, 0.1) is 5.92 Å². The van der Waals surface area contributed by atoms with E-state index in [1.807, 2.05) is 24.3 Å². The molecule has 1 aliphatic rings. The zero-order chi connectivity index (χ0) is 21.3. The predicted molar refractivity (Wildman–Crippen MR) is 126 cm³/mol. The van der Waals surface area contributed by atoms with Gasteiger partial charge in [-0.1, -0.05) is 56.0 Å². The first-order valence-corrected chi connectivity index (χ1v) is 12.2. The van der Waals surface area contributed by atoms with Crippen molar-refractivity contribution in [1.82, 2.24) is 9.55 Å². The van der Waals surface area contributed by atoms with Gasteiger partial charge in [0.2, 0.25) is 0 Å². The summed E-state index contributed by atoms with van der Waals surface area (Å²) in [4.78, 5) is 32.9. The maximum atomic E-state index is 13.3. The summed E-state index contributed by atoms with van der Waals surface area (Å²) in [5.74, 6) is 0.941. The molecule has 1 unspecified atom stereocenters. The van der Waals surface area contributed by atoms with Crippen molar-refractivity contribution < 1.29 is 4.79 Å². The molecule has 0 aliphatic heterocycles. The minimum absolute atomic E-state index is 0.00537. The summed E-state index contributed by atoms with van der Waals surface area (Å²) in [5, 5.41) is 1.37. The quantitative estimate of drug-likeness (QED) is 0.217. The van der Waals surface area contributed by atoms with Crippen LogP contribution in [-0.2, 0) is 25.8 Å². The monoisotopic (exact) mass is 438 g/mol. The number of rotatable bonds is 7. The number of fused-ring (bicyclic) bond motifs is 3. The van der Waals surface area contributed by atoms with Crippen LogP contribution in [0.5, 0.6) is 0 Å². The fourth-order valence-electron chi connectivity index (χ4n) is 3.94. The summed E-state index contributed by atoms with van der Waals surface area (Å²) >= 11 is 2.98. The summed E-state index contributed by atoms with van der Waals surface area (Å²) in [6.45, 7) is 8.55. The third kappa shape index (κ3) is 4.03. The minimum Gasteiger partial charge on any atom is -0.293 e. The lowest BCUT2D eigenvalue weighted by molar-refractivity contribution is 0.102. The van der Waals surface area contributed by atoms with Gasteiger partial charge in [0.25, 0.3) is 5.56 Å². The van der Waals surface area contributed by atoms with Crippen molar-refractivity contribution >= 4 is 39.1 Å². The topological polar surface area (TPSA) is 52.0 Å². The van der Waals surface area contributed by atoms with E-state index in [4.69, 9.17) is 4.98 Å². The van der Waals surface area contributed by atoms with Crippen molar-refractivity contribution in [3.05, 3.63) is 68.8 Å². The average Bonchev–Trinajstić information content (AvgIpc) is 3.11. The van der Waals surface area contributed by atoms with Gasteiger partial charge in [0.05, 0.1) is 11.1 Å². The Bertz CT molecular complexity index is 1160. The molecule has 0 N–H and O–H groups in total. The van der Waals surface area contributed by atoms with E-state index in [2.05, 4.69) is 20.4 Å². The first-order chi connectivity index (χ1) is 14.5. The Morgan fingerprint density at radius 3 is 2.83 bits per heavy atom. The van der Waals surface area contributed by atoms with Crippen molar-refractivity contribution in [1.29, 1.82) is 0 Å². The van der Waals surface area contributed by atoms with Crippen molar-refractivity contribution in [2.24, 2.45) is 5.92 Å². The molecule has 1 atom stereocenters. The van der Waals surface area contributed by atoms with Crippen LogP contribution in [-0.4, -0.2) is 21.1 Å². The molecule has 3 aromatic rings. The normalized spacial score (nSPS) is 15.9. The standard InChI is InChI=1S/C24H26N2O2S2/c1-4-12-26-23(28)21-18-11-6-15(3)13-20(18)30-22(21)25-24(26)29-14-19(27)17-9-7-16(5-2)8-10-17/h4,7-10,15H,1,5-6,11-14H2,2-3H3. The molecular weight excluding hydrogens is 412 g/mol. The van der Waals surface area contributed by atoms with Crippen LogP contribution in [0.15, 0.2) is 46.9 Å². The highest BCUT2D eigenvalue weighted by molar-refractivity contribution is 7.99. The van der Waals surface area contributed by atoms with Crippen molar-refractivity contribution in [2.45, 2.75) is 51.2 Å². The van der Waals surface area contributed by atoms with Gasteiger partial charge in [0.15, 0.2) is 10.9 Å². The summed E-state index contributed by atoms with van der Waals surface area (Å²) in [7, 11) is 0. The second-order valence-electron chi connectivity index (χ2n) is 7.89. The van der Waals surface area contributed by atoms with Gasteiger partial charge in [0.1, 0.15) is 4.83 Å². The second kappa shape index (κ2) is 8.90. The Morgan fingerprint density at radius 1 is 1.37 bits per heavy atom. The van der Waals surface area contributed by atoms with Gasteiger partial charge in [-0.15, -0.1) is 17.9 Å². The number of benzene rings is 1. The van der Waals surface area contributed by atoms with Gasteiger partial charge in [-0.05, 0) is 42.7 Å². The predicted octanol–water partition coefficient (Wildman–Crippen LogP) is 5.31. The summed E-state index contributed by atoms with van der Waals surface area (Å²) in [5.41, 5.74) is 3.09. The van der Waals surface area contributed by atoms with Crippen LogP contribution in [0.3, 0.4) is 0 Å².